The van der Waals surface area contributed by atoms with E-state index in [2.05, 4.69) is 47.7 Å². The van der Waals surface area contributed by atoms with Crippen LogP contribution in [-0.2, 0) is 4.79 Å². The fourth-order valence-corrected chi connectivity index (χ4v) is 2.87. The molecule has 2 N–H and O–H groups in total. The van der Waals surface area contributed by atoms with Gasteiger partial charge in [-0.1, -0.05) is 62.2 Å². The van der Waals surface area contributed by atoms with E-state index in [-0.39, 0.29) is 12.5 Å². The summed E-state index contributed by atoms with van der Waals surface area (Å²) in [5.41, 5.74) is 5.39. The Labute approximate surface area is 146 Å². The lowest BCUT2D eigenvalue weighted by atomic mass is 10.2. The van der Waals surface area contributed by atoms with Crippen molar-refractivity contribution < 1.29 is 4.79 Å². The Morgan fingerprint density at radius 1 is 1.18 bits per heavy atom. The van der Waals surface area contributed by atoms with Crippen LogP contribution in [0.15, 0.2) is 56.5 Å². The maximum absolute atomic E-state index is 11.7. The van der Waals surface area contributed by atoms with Crippen LogP contribution in [0.3, 0.4) is 0 Å². The lowest BCUT2D eigenvalue weighted by Gasteiger charge is -2.09. The number of nitrogens with zero attached hydrogens (tertiary/aromatic N) is 1. The smallest absolute Gasteiger partial charge is 0.259 e. The molecule has 2 rings (SSSR count). The van der Waals surface area contributed by atoms with Crippen LogP contribution < -0.4 is 10.7 Å². The van der Waals surface area contributed by atoms with Gasteiger partial charge < -0.3 is 5.32 Å². The van der Waals surface area contributed by atoms with Crippen molar-refractivity contribution in [1.82, 2.24) is 5.43 Å². The summed E-state index contributed by atoms with van der Waals surface area (Å²) >= 11 is 6.96. The zero-order chi connectivity index (χ0) is 15.9. The third-order valence-corrected chi connectivity index (χ3v) is 4.58. The van der Waals surface area contributed by atoms with Gasteiger partial charge in [0.05, 0.1) is 12.8 Å². The van der Waals surface area contributed by atoms with Crippen LogP contribution in [0, 0.1) is 6.92 Å². The summed E-state index contributed by atoms with van der Waals surface area (Å²) in [7, 11) is 0. The molecule has 0 atom stereocenters. The second kappa shape index (κ2) is 8.10. The number of rotatable bonds is 5. The maximum Gasteiger partial charge on any atom is 0.259 e. The van der Waals surface area contributed by atoms with E-state index in [1.165, 1.54) is 0 Å². The summed E-state index contributed by atoms with van der Waals surface area (Å²) in [5, 5.41) is 6.98. The van der Waals surface area contributed by atoms with E-state index < -0.39 is 0 Å². The molecule has 6 heteroatoms. The number of hydrazone groups is 1. The monoisotopic (exact) mass is 423 g/mol. The first-order chi connectivity index (χ1) is 10.6. The molecule has 0 fully saturated rings. The minimum atomic E-state index is -0.208. The number of carbonyl (C=O) groups is 1. The Morgan fingerprint density at radius 3 is 2.45 bits per heavy atom. The fourth-order valence-electron chi connectivity index (χ4n) is 1.69. The Kier molecular flexibility index (Phi) is 6.15. The highest BCUT2D eigenvalue weighted by Crippen LogP contribution is 2.28. The Bertz CT molecular complexity index is 664. The number of benzene rings is 2. The summed E-state index contributed by atoms with van der Waals surface area (Å²) in [5.74, 6) is -0.208. The van der Waals surface area contributed by atoms with Crippen molar-refractivity contribution in [2.24, 2.45) is 5.10 Å². The van der Waals surface area contributed by atoms with E-state index in [4.69, 9.17) is 0 Å². The largest absolute Gasteiger partial charge is 0.376 e. The Hall–Kier alpha value is -1.66. The number of anilines is 1. The molecule has 0 aliphatic rings. The van der Waals surface area contributed by atoms with Crippen molar-refractivity contribution in [3.63, 3.8) is 0 Å². The number of amides is 1. The summed E-state index contributed by atoms with van der Waals surface area (Å²) in [4.78, 5) is 11.7. The van der Waals surface area contributed by atoms with Gasteiger partial charge in [0.2, 0.25) is 0 Å². The van der Waals surface area contributed by atoms with Gasteiger partial charge in [0, 0.05) is 14.6 Å². The molecule has 0 unspecified atom stereocenters. The first kappa shape index (κ1) is 16.7. The third-order valence-electron chi connectivity index (χ3n) is 2.94. The summed E-state index contributed by atoms with van der Waals surface area (Å²) < 4.78 is 1.96. The standard InChI is InChI=1S/C16H15Br2N3O/c1-11-14(17)7-13(8-15(11)18)19-10-16(22)21-20-9-12-5-3-2-4-6-12/h2-9,19H,10H2,1H3,(H,21,22). The van der Waals surface area contributed by atoms with Crippen molar-refractivity contribution in [3.05, 3.63) is 62.5 Å². The molecule has 0 saturated carbocycles. The van der Waals surface area contributed by atoms with Crippen LogP contribution in [0.2, 0.25) is 0 Å². The highest BCUT2D eigenvalue weighted by Gasteiger charge is 2.04. The van der Waals surface area contributed by atoms with Gasteiger partial charge in [-0.05, 0) is 30.2 Å². The number of halogens is 2. The van der Waals surface area contributed by atoms with Gasteiger partial charge >= 0.3 is 0 Å². The molecule has 2 aromatic rings. The number of hydrogen-bond acceptors (Lipinski definition) is 3. The average molecular weight is 425 g/mol. The van der Waals surface area contributed by atoms with Crippen LogP contribution in [0.5, 0.6) is 0 Å². The van der Waals surface area contributed by atoms with Crippen LogP contribution in [0.4, 0.5) is 5.69 Å². The van der Waals surface area contributed by atoms with Gasteiger partial charge in [0.1, 0.15) is 0 Å². The van der Waals surface area contributed by atoms with E-state index in [0.29, 0.717) is 0 Å². The molecular weight excluding hydrogens is 410 g/mol. The van der Waals surface area contributed by atoms with Gasteiger partial charge in [-0.25, -0.2) is 5.43 Å². The zero-order valence-electron chi connectivity index (χ0n) is 11.9. The molecule has 22 heavy (non-hydrogen) atoms. The van der Waals surface area contributed by atoms with E-state index in [1.807, 2.05) is 49.4 Å². The molecule has 0 bridgehead atoms. The van der Waals surface area contributed by atoms with E-state index in [1.54, 1.807) is 6.21 Å². The molecule has 114 valence electrons. The highest BCUT2D eigenvalue weighted by atomic mass is 79.9. The third kappa shape index (κ3) is 4.96. The molecule has 0 aliphatic carbocycles. The Morgan fingerprint density at radius 2 is 1.82 bits per heavy atom. The van der Waals surface area contributed by atoms with E-state index in [9.17, 15) is 4.79 Å². The lowest BCUT2D eigenvalue weighted by molar-refractivity contribution is -0.119. The molecule has 0 aliphatic heterocycles. The number of nitrogens with one attached hydrogen (secondary N) is 2. The number of hydrogen-bond donors (Lipinski definition) is 2. The number of carbonyl (C=O) groups excluding carboxylic acids is 1. The first-order valence-corrected chi connectivity index (χ1v) is 8.21. The van der Waals surface area contributed by atoms with Gasteiger partial charge in [-0.15, -0.1) is 0 Å². The van der Waals surface area contributed by atoms with Crippen molar-refractivity contribution in [2.75, 3.05) is 11.9 Å². The van der Waals surface area contributed by atoms with Crippen molar-refractivity contribution in [2.45, 2.75) is 6.92 Å². The lowest BCUT2D eigenvalue weighted by Crippen LogP contribution is -2.25. The topological polar surface area (TPSA) is 53.5 Å². The molecule has 4 nitrogen and oxygen atoms in total. The molecule has 0 aromatic heterocycles. The minimum Gasteiger partial charge on any atom is -0.376 e. The summed E-state index contributed by atoms with van der Waals surface area (Å²) in [6.07, 6.45) is 1.61. The molecule has 0 heterocycles. The van der Waals surface area contributed by atoms with Crippen molar-refractivity contribution in [3.8, 4) is 0 Å². The molecule has 0 radical (unpaired) electrons. The van der Waals surface area contributed by atoms with Crippen molar-refractivity contribution >= 4 is 49.7 Å². The van der Waals surface area contributed by atoms with Gasteiger partial charge in [-0.3, -0.25) is 4.79 Å². The highest BCUT2D eigenvalue weighted by molar-refractivity contribution is 9.11. The molecule has 1 amide bonds. The quantitative estimate of drug-likeness (QED) is 0.561. The molecule has 0 saturated heterocycles. The molecule has 0 spiro atoms. The van der Waals surface area contributed by atoms with Crippen LogP contribution in [0.1, 0.15) is 11.1 Å². The van der Waals surface area contributed by atoms with Crippen molar-refractivity contribution in [1.29, 1.82) is 0 Å². The minimum absolute atomic E-state index is 0.147. The van der Waals surface area contributed by atoms with E-state index >= 15 is 0 Å². The average Bonchev–Trinajstić information content (AvgIpc) is 2.51. The molecular formula is C16H15Br2N3O. The van der Waals surface area contributed by atoms with Gasteiger partial charge in [0.15, 0.2) is 0 Å². The van der Waals surface area contributed by atoms with Gasteiger partial charge in [-0.2, -0.15) is 5.10 Å². The zero-order valence-corrected chi connectivity index (χ0v) is 15.1. The van der Waals surface area contributed by atoms with Gasteiger partial charge in [0.25, 0.3) is 5.91 Å². The normalized spacial score (nSPS) is 10.7. The second-order valence-corrected chi connectivity index (χ2v) is 6.33. The molecule has 2 aromatic carbocycles. The van der Waals surface area contributed by atoms with Crippen LogP contribution in [0.25, 0.3) is 0 Å². The summed E-state index contributed by atoms with van der Waals surface area (Å²) in [6.45, 7) is 2.15. The van der Waals surface area contributed by atoms with E-state index in [0.717, 1.165) is 25.8 Å². The first-order valence-electron chi connectivity index (χ1n) is 6.63. The summed E-state index contributed by atoms with van der Waals surface area (Å²) in [6, 6.07) is 13.4. The fraction of sp³-hybridized carbons (Fsp3) is 0.125. The predicted molar refractivity (Wildman–Crippen MR) is 97.2 cm³/mol. The maximum atomic E-state index is 11.7. The van der Waals surface area contributed by atoms with Crippen LogP contribution in [-0.4, -0.2) is 18.7 Å². The van der Waals surface area contributed by atoms with Crippen LogP contribution >= 0.6 is 31.9 Å². The predicted octanol–water partition coefficient (Wildman–Crippen LogP) is 4.08. The second-order valence-electron chi connectivity index (χ2n) is 4.62. The Balaban J connectivity index is 1.84. The SMILES string of the molecule is Cc1c(Br)cc(NCC(=O)NN=Cc2ccccc2)cc1Br.